The predicted octanol–water partition coefficient (Wildman–Crippen LogP) is 4.68. The first kappa shape index (κ1) is 14.8. The van der Waals surface area contributed by atoms with E-state index in [-0.39, 0.29) is 16.7 Å². The normalized spacial score (nSPS) is 11.9. The van der Waals surface area contributed by atoms with Crippen molar-refractivity contribution in [2.75, 3.05) is 5.32 Å². The van der Waals surface area contributed by atoms with Crippen molar-refractivity contribution >= 4 is 34.0 Å². The number of nitrogens with one attached hydrogen (secondary N) is 1. The molecule has 0 fully saturated rings. The molecule has 0 saturated heterocycles. The molecule has 1 unspecified atom stereocenters. The van der Waals surface area contributed by atoms with E-state index >= 15 is 0 Å². The van der Waals surface area contributed by atoms with E-state index in [0.29, 0.717) is 0 Å². The Morgan fingerprint density at radius 1 is 1.25 bits per heavy atom. The molecule has 0 spiro atoms. The lowest BCUT2D eigenvalue weighted by Crippen LogP contribution is -2.08. The minimum absolute atomic E-state index is 0.00802. The molecule has 0 aromatic heterocycles. The van der Waals surface area contributed by atoms with Crippen molar-refractivity contribution in [3.05, 3.63) is 67.3 Å². The van der Waals surface area contributed by atoms with Crippen LogP contribution >= 0.6 is 22.6 Å². The first-order chi connectivity index (χ1) is 9.47. The van der Waals surface area contributed by atoms with Gasteiger partial charge >= 0.3 is 0 Å². The van der Waals surface area contributed by atoms with E-state index in [1.807, 2.05) is 32.0 Å². The first-order valence-electron chi connectivity index (χ1n) is 6.24. The summed E-state index contributed by atoms with van der Waals surface area (Å²) in [5.74, 6) is 0. The van der Waals surface area contributed by atoms with Gasteiger partial charge in [0.05, 0.1) is 4.92 Å². The third-order valence-corrected chi connectivity index (χ3v) is 3.81. The van der Waals surface area contributed by atoms with Gasteiger partial charge in [0.25, 0.3) is 5.69 Å². The van der Waals surface area contributed by atoms with Crippen LogP contribution in [0.5, 0.6) is 0 Å². The summed E-state index contributed by atoms with van der Waals surface area (Å²) in [6, 6.07) is 12.9. The number of hydrogen-bond donors (Lipinski definition) is 1. The maximum atomic E-state index is 10.8. The molecule has 5 heteroatoms. The zero-order valence-electron chi connectivity index (χ0n) is 11.3. The molecule has 4 nitrogen and oxygen atoms in total. The number of hydrogen-bond acceptors (Lipinski definition) is 3. The fourth-order valence-electron chi connectivity index (χ4n) is 2.01. The summed E-state index contributed by atoms with van der Waals surface area (Å²) in [4.78, 5) is 10.4. The zero-order chi connectivity index (χ0) is 14.7. The highest BCUT2D eigenvalue weighted by Gasteiger charge is 2.11. The lowest BCUT2D eigenvalue weighted by molar-refractivity contribution is -0.384. The average molecular weight is 382 g/mol. The quantitative estimate of drug-likeness (QED) is 0.475. The maximum absolute atomic E-state index is 10.8. The molecule has 104 valence electrons. The standard InChI is InChI=1S/C15H15IN2O2/c1-10-8-13(16)6-7-15(10)17-11(2)12-4-3-5-14(9-12)18(19)20/h3-9,11,17H,1-2H3. The van der Waals surface area contributed by atoms with Crippen molar-refractivity contribution in [1.82, 2.24) is 0 Å². The average Bonchev–Trinajstić information content (AvgIpc) is 2.42. The lowest BCUT2D eigenvalue weighted by atomic mass is 10.1. The molecular weight excluding hydrogens is 367 g/mol. The fourth-order valence-corrected chi connectivity index (χ4v) is 2.66. The van der Waals surface area contributed by atoms with Crippen molar-refractivity contribution < 1.29 is 4.92 Å². The largest absolute Gasteiger partial charge is 0.378 e. The molecule has 0 saturated carbocycles. The van der Waals surface area contributed by atoms with Gasteiger partial charge in [0.2, 0.25) is 0 Å². The second-order valence-electron chi connectivity index (χ2n) is 4.68. The minimum Gasteiger partial charge on any atom is -0.378 e. The Bertz CT molecular complexity index is 644. The zero-order valence-corrected chi connectivity index (χ0v) is 13.4. The maximum Gasteiger partial charge on any atom is 0.269 e. The molecule has 2 aromatic carbocycles. The van der Waals surface area contributed by atoms with Crippen LogP contribution in [0.25, 0.3) is 0 Å². The molecule has 2 aromatic rings. The Morgan fingerprint density at radius 2 is 2.00 bits per heavy atom. The van der Waals surface area contributed by atoms with E-state index in [1.165, 1.54) is 9.64 Å². The van der Waals surface area contributed by atoms with Crippen LogP contribution in [0.15, 0.2) is 42.5 Å². The summed E-state index contributed by atoms with van der Waals surface area (Å²) in [7, 11) is 0. The van der Waals surface area contributed by atoms with Crippen LogP contribution in [0.3, 0.4) is 0 Å². The van der Waals surface area contributed by atoms with Crippen LogP contribution in [-0.2, 0) is 0 Å². The summed E-state index contributed by atoms with van der Waals surface area (Å²) < 4.78 is 1.19. The molecular formula is C15H15IN2O2. The van der Waals surface area contributed by atoms with E-state index in [4.69, 9.17) is 0 Å². The second kappa shape index (κ2) is 6.21. The van der Waals surface area contributed by atoms with Crippen LogP contribution in [0.2, 0.25) is 0 Å². The van der Waals surface area contributed by atoms with Crippen LogP contribution in [0.1, 0.15) is 24.1 Å². The van der Waals surface area contributed by atoms with Crippen LogP contribution < -0.4 is 5.32 Å². The number of anilines is 1. The van der Waals surface area contributed by atoms with Gasteiger partial charge in [0.1, 0.15) is 0 Å². The van der Waals surface area contributed by atoms with Crippen LogP contribution in [0.4, 0.5) is 11.4 Å². The molecule has 20 heavy (non-hydrogen) atoms. The third kappa shape index (κ3) is 3.47. The highest BCUT2D eigenvalue weighted by atomic mass is 127. The summed E-state index contributed by atoms with van der Waals surface area (Å²) in [5, 5.41) is 14.2. The Kier molecular flexibility index (Phi) is 4.59. The van der Waals surface area contributed by atoms with Gasteiger partial charge in [-0.25, -0.2) is 0 Å². The minimum atomic E-state index is -0.369. The molecule has 1 N–H and O–H groups in total. The highest BCUT2D eigenvalue weighted by Crippen LogP contribution is 2.25. The number of non-ortho nitro benzene ring substituents is 1. The van der Waals surface area contributed by atoms with E-state index in [1.54, 1.807) is 12.1 Å². The van der Waals surface area contributed by atoms with Gasteiger partial charge in [0.15, 0.2) is 0 Å². The summed E-state index contributed by atoms with van der Waals surface area (Å²) in [5.41, 5.74) is 3.23. The van der Waals surface area contributed by atoms with Crippen LogP contribution in [0, 0.1) is 20.6 Å². The molecule has 0 bridgehead atoms. The van der Waals surface area contributed by atoms with Crippen molar-refractivity contribution in [3.63, 3.8) is 0 Å². The number of nitrogens with zero attached hydrogens (tertiary/aromatic N) is 1. The monoisotopic (exact) mass is 382 g/mol. The van der Waals surface area contributed by atoms with Crippen molar-refractivity contribution in [2.24, 2.45) is 0 Å². The Hall–Kier alpha value is -1.63. The second-order valence-corrected chi connectivity index (χ2v) is 5.92. The SMILES string of the molecule is Cc1cc(I)ccc1NC(C)c1cccc([N+](=O)[O-])c1. The van der Waals surface area contributed by atoms with Gasteiger partial charge in [0, 0.05) is 27.4 Å². The molecule has 0 aliphatic carbocycles. The highest BCUT2D eigenvalue weighted by molar-refractivity contribution is 14.1. The van der Waals surface area contributed by atoms with Gasteiger partial charge < -0.3 is 5.32 Å². The van der Waals surface area contributed by atoms with Gasteiger partial charge in [-0.2, -0.15) is 0 Å². The fraction of sp³-hybridized carbons (Fsp3) is 0.200. The molecule has 0 aliphatic heterocycles. The smallest absolute Gasteiger partial charge is 0.269 e. The van der Waals surface area contributed by atoms with Gasteiger partial charge in [-0.1, -0.05) is 12.1 Å². The molecule has 0 amide bonds. The Labute approximate surface area is 131 Å². The third-order valence-electron chi connectivity index (χ3n) is 3.14. The lowest BCUT2D eigenvalue weighted by Gasteiger charge is -2.17. The van der Waals surface area contributed by atoms with Gasteiger partial charge in [-0.3, -0.25) is 10.1 Å². The summed E-state index contributed by atoms with van der Waals surface area (Å²) in [6.45, 7) is 4.04. The number of rotatable bonds is 4. The predicted molar refractivity (Wildman–Crippen MR) is 89.0 cm³/mol. The van der Waals surface area contributed by atoms with Gasteiger partial charge in [-0.15, -0.1) is 0 Å². The van der Waals surface area contributed by atoms with Crippen molar-refractivity contribution in [1.29, 1.82) is 0 Å². The van der Waals surface area contributed by atoms with E-state index in [0.717, 1.165) is 16.8 Å². The number of benzene rings is 2. The number of nitro benzene ring substituents is 1. The van der Waals surface area contributed by atoms with E-state index in [2.05, 4.69) is 34.0 Å². The molecule has 1 atom stereocenters. The Morgan fingerprint density at radius 3 is 2.65 bits per heavy atom. The topological polar surface area (TPSA) is 55.2 Å². The number of aryl methyl sites for hydroxylation is 1. The van der Waals surface area contributed by atoms with Gasteiger partial charge in [-0.05, 0) is 65.8 Å². The first-order valence-corrected chi connectivity index (χ1v) is 7.32. The van der Waals surface area contributed by atoms with Crippen molar-refractivity contribution in [3.8, 4) is 0 Å². The molecule has 0 aliphatic rings. The van der Waals surface area contributed by atoms with Crippen LogP contribution in [-0.4, -0.2) is 4.92 Å². The number of nitro groups is 1. The number of halogens is 1. The molecule has 0 radical (unpaired) electrons. The summed E-state index contributed by atoms with van der Waals surface area (Å²) >= 11 is 2.28. The van der Waals surface area contributed by atoms with Crippen molar-refractivity contribution in [2.45, 2.75) is 19.9 Å². The van der Waals surface area contributed by atoms with E-state index in [9.17, 15) is 10.1 Å². The Balaban J connectivity index is 2.21. The summed E-state index contributed by atoms with van der Waals surface area (Å²) in [6.07, 6.45) is 0. The van der Waals surface area contributed by atoms with E-state index < -0.39 is 0 Å². The molecule has 2 rings (SSSR count). The molecule has 0 heterocycles.